The summed E-state index contributed by atoms with van der Waals surface area (Å²) in [5, 5.41) is 4.78. The number of hydrogen-bond acceptors (Lipinski definition) is 2. The van der Waals surface area contributed by atoms with Crippen molar-refractivity contribution in [3.05, 3.63) is 0 Å². The molecule has 2 aliphatic carbocycles. The van der Waals surface area contributed by atoms with E-state index in [1.54, 1.807) is 0 Å². The minimum Gasteiger partial charge on any atom is -0.313 e. The summed E-state index contributed by atoms with van der Waals surface area (Å²) in [7, 11) is 0. The first-order chi connectivity index (χ1) is 9.33. The maximum absolute atomic E-state index is 3.80. The van der Waals surface area contributed by atoms with E-state index in [-0.39, 0.29) is 0 Å². The maximum Gasteiger partial charge on any atom is 0.0186 e. The van der Waals surface area contributed by atoms with E-state index in [2.05, 4.69) is 30.9 Å². The molecule has 2 aliphatic rings. The van der Waals surface area contributed by atoms with E-state index >= 15 is 0 Å². The van der Waals surface area contributed by atoms with E-state index in [1.807, 2.05) is 0 Å². The average Bonchev–Trinajstić information content (AvgIpc) is 2.97. The van der Waals surface area contributed by atoms with Gasteiger partial charge in [0, 0.05) is 17.0 Å². The summed E-state index contributed by atoms with van der Waals surface area (Å²) < 4.78 is 0. The first-order valence-corrected chi connectivity index (χ1v) is 9.73. The molecule has 0 aliphatic heterocycles. The van der Waals surface area contributed by atoms with Gasteiger partial charge in [-0.05, 0) is 44.1 Å². The second-order valence-corrected chi connectivity index (χ2v) is 7.94. The lowest BCUT2D eigenvalue weighted by molar-refractivity contribution is 0.220. The summed E-state index contributed by atoms with van der Waals surface area (Å²) in [6, 6.07) is 0.782. The van der Waals surface area contributed by atoms with Crippen LogP contribution >= 0.6 is 11.8 Å². The molecule has 2 rings (SSSR count). The maximum atomic E-state index is 3.80. The molecule has 112 valence electrons. The van der Waals surface area contributed by atoms with Crippen molar-refractivity contribution >= 4 is 11.8 Å². The predicted octanol–water partition coefficient (Wildman–Crippen LogP) is 4.86. The second kappa shape index (κ2) is 8.56. The number of nitrogens with one attached hydrogen (secondary N) is 1. The Morgan fingerprint density at radius 2 is 1.84 bits per heavy atom. The third-order valence-corrected chi connectivity index (χ3v) is 6.74. The molecule has 2 fully saturated rings. The Labute approximate surface area is 124 Å². The van der Waals surface area contributed by atoms with E-state index in [0.29, 0.717) is 0 Å². The van der Waals surface area contributed by atoms with Crippen LogP contribution in [-0.4, -0.2) is 23.6 Å². The smallest absolute Gasteiger partial charge is 0.0186 e. The molecular formula is C17H33NS. The highest BCUT2D eigenvalue weighted by atomic mass is 32.2. The van der Waals surface area contributed by atoms with Gasteiger partial charge in [0.15, 0.2) is 0 Å². The minimum atomic E-state index is 0.782. The summed E-state index contributed by atoms with van der Waals surface area (Å²) in [6.07, 6.45) is 13.2. The lowest BCUT2D eigenvalue weighted by Crippen LogP contribution is -2.40. The van der Waals surface area contributed by atoms with E-state index < -0.39 is 0 Å². The first-order valence-electron chi connectivity index (χ1n) is 8.68. The number of rotatable bonds is 7. The van der Waals surface area contributed by atoms with Crippen LogP contribution in [0, 0.1) is 11.8 Å². The summed E-state index contributed by atoms with van der Waals surface area (Å²) in [5.74, 6) is 3.32. The normalized spacial score (nSPS) is 30.6. The van der Waals surface area contributed by atoms with Crippen LogP contribution in [0.4, 0.5) is 0 Å². The lowest BCUT2D eigenvalue weighted by atomic mass is 9.77. The van der Waals surface area contributed by atoms with Crippen LogP contribution in [0.5, 0.6) is 0 Å². The molecule has 1 nitrogen and oxygen atoms in total. The van der Waals surface area contributed by atoms with E-state index in [9.17, 15) is 0 Å². The topological polar surface area (TPSA) is 12.0 Å². The Morgan fingerprint density at radius 1 is 1.05 bits per heavy atom. The van der Waals surface area contributed by atoms with Gasteiger partial charge in [-0.2, -0.15) is 11.8 Å². The third-order valence-electron chi connectivity index (χ3n) is 5.25. The molecule has 2 heteroatoms. The van der Waals surface area contributed by atoms with Crippen molar-refractivity contribution in [3.8, 4) is 0 Å². The van der Waals surface area contributed by atoms with Gasteiger partial charge in [-0.15, -0.1) is 0 Å². The molecule has 19 heavy (non-hydrogen) atoms. The van der Waals surface area contributed by atoms with Crippen LogP contribution in [0.2, 0.25) is 0 Å². The van der Waals surface area contributed by atoms with Gasteiger partial charge in [0.2, 0.25) is 0 Å². The zero-order chi connectivity index (χ0) is 13.5. The van der Waals surface area contributed by atoms with Crippen molar-refractivity contribution in [1.29, 1.82) is 0 Å². The van der Waals surface area contributed by atoms with Gasteiger partial charge in [0.1, 0.15) is 0 Å². The Morgan fingerprint density at radius 3 is 2.53 bits per heavy atom. The predicted molar refractivity (Wildman–Crippen MR) is 87.9 cm³/mol. The van der Waals surface area contributed by atoms with Crippen LogP contribution in [0.15, 0.2) is 0 Å². The molecule has 3 atom stereocenters. The van der Waals surface area contributed by atoms with Gasteiger partial charge in [0.25, 0.3) is 0 Å². The molecule has 0 saturated heterocycles. The molecule has 0 spiro atoms. The van der Waals surface area contributed by atoms with Gasteiger partial charge >= 0.3 is 0 Å². The molecule has 3 unspecified atom stereocenters. The fraction of sp³-hybridized carbons (Fsp3) is 1.00. The zero-order valence-corrected chi connectivity index (χ0v) is 13.8. The van der Waals surface area contributed by atoms with Crippen LogP contribution in [-0.2, 0) is 0 Å². The molecule has 2 saturated carbocycles. The van der Waals surface area contributed by atoms with Crippen molar-refractivity contribution in [1.82, 2.24) is 5.32 Å². The summed E-state index contributed by atoms with van der Waals surface area (Å²) >= 11 is 2.27. The van der Waals surface area contributed by atoms with Crippen LogP contribution in [0.1, 0.15) is 71.6 Å². The van der Waals surface area contributed by atoms with Crippen molar-refractivity contribution in [3.63, 3.8) is 0 Å². The van der Waals surface area contributed by atoms with Crippen molar-refractivity contribution in [2.45, 2.75) is 82.9 Å². The van der Waals surface area contributed by atoms with E-state index in [0.717, 1.165) is 29.7 Å². The molecule has 0 aromatic carbocycles. The van der Waals surface area contributed by atoms with Crippen LogP contribution in [0.3, 0.4) is 0 Å². The van der Waals surface area contributed by atoms with E-state index in [1.165, 1.54) is 63.5 Å². The lowest BCUT2D eigenvalue weighted by Gasteiger charge is -2.35. The summed E-state index contributed by atoms with van der Waals surface area (Å²) in [6.45, 7) is 5.79. The monoisotopic (exact) mass is 283 g/mol. The SMILES string of the molecule is CCNC(CSC1CCCC1)C1CCCC(CC)C1. The molecule has 0 aromatic rings. The van der Waals surface area contributed by atoms with Gasteiger partial charge in [-0.1, -0.05) is 46.0 Å². The molecule has 0 radical (unpaired) electrons. The fourth-order valence-corrected chi connectivity index (χ4v) is 5.52. The Balaban J connectivity index is 1.79. The number of thioether (sulfide) groups is 1. The van der Waals surface area contributed by atoms with Gasteiger partial charge in [-0.3, -0.25) is 0 Å². The van der Waals surface area contributed by atoms with Crippen molar-refractivity contribution in [2.75, 3.05) is 12.3 Å². The Kier molecular flexibility index (Phi) is 7.07. The number of hydrogen-bond donors (Lipinski definition) is 1. The van der Waals surface area contributed by atoms with E-state index in [4.69, 9.17) is 0 Å². The third kappa shape index (κ3) is 4.97. The molecular weight excluding hydrogens is 250 g/mol. The highest BCUT2D eigenvalue weighted by Crippen LogP contribution is 2.36. The molecule has 0 bridgehead atoms. The summed E-state index contributed by atoms with van der Waals surface area (Å²) in [4.78, 5) is 0. The first kappa shape index (κ1) is 15.7. The highest BCUT2D eigenvalue weighted by Gasteiger charge is 2.28. The average molecular weight is 284 g/mol. The molecule has 0 heterocycles. The highest BCUT2D eigenvalue weighted by molar-refractivity contribution is 7.99. The van der Waals surface area contributed by atoms with Gasteiger partial charge in [0.05, 0.1) is 0 Å². The quantitative estimate of drug-likeness (QED) is 0.716. The fourth-order valence-electron chi connectivity index (χ4n) is 3.99. The standard InChI is InChI=1S/C17H33NS/c1-3-14-8-7-9-15(12-14)17(18-4-2)13-19-16-10-5-6-11-16/h14-18H,3-13H2,1-2H3. The second-order valence-electron chi connectivity index (χ2n) is 6.60. The molecule has 0 aromatic heterocycles. The molecule has 0 amide bonds. The molecule has 1 N–H and O–H groups in total. The van der Waals surface area contributed by atoms with Gasteiger partial charge in [-0.25, -0.2) is 0 Å². The largest absolute Gasteiger partial charge is 0.313 e. The van der Waals surface area contributed by atoms with Crippen LogP contribution < -0.4 is 5.32 Å². The summed E-state index contributed by atoms with van der Waals surface area (Å²) in [5.41, 5.74) is 0. The Bertz CT molecular complexity index is 237. The zero-order valence-electron chi connectivity index (χ0n) is 13.0. The minimum absolute atomic E-state index is 0.782. The Hall–Kier alpha value is 0.310. The van der Waals surface area contributed by atoms with Crippen molar-refractivity contribution < 1.29 is 0 Å². The van der Waals surface area contributed by atoms with Gasteiger partial charge < -0.3 is 5.32 Å². The van der Waals surface area contributed by atoms with Crippen LogP contribution in [0.25, 0.3) is 0 Å². The van der Waals surface area contributed by atoms with Crippen molar-refractivity contribution in [2.24, 2.45) is 11.8 Å².